The first kappa shape index (κ1) is 7.75. The number of hydrogen-bond acceptors (Lipinski definition) is 2. The van der Waals surface area contributed by atoms with E-state index in [1.807, 2.05) is 0 Å². The molecule has 1 aliphatic heterocycles. The molecule has 1 atom stereocenters. The van der Waals surface area contributed by atoms with E-state index in [1.54, 1.807) is 0 Å². The van der Waals surface area contributed by atoms with Gasteiger partial charge in [0.25, 0.3) is 8.43 Å². The fourth-order valence-corrected chi connectivity index (χ4v) is 6.12. The maximum atomic E-state index is 5.99. The molecule has 0 aromatic carbocycles. The third kappa shape index (κ3) is 1.56. The van der Waals surface area contributed by atoms with Crippen molar-refractivity contribution in [2.45, 2.75) is 26.3 Å². The fraction of sp³-hybridized carbons (Fsp3) is 1.00. The predicted octanol–water partition coefficient (Wildman–Crippen LogP) is -0.355. The van der Waals surface area contributed by atoms with Crippen molar-refractivity contribution in [2.24, 2.45) is 0 Å². The van der Waals surface area contributed by atoms with Crippen LogP contribution in [0.25, 0.3) is 0 Å². The van der Waals surface area contributed by atoms with Gasteiger partial charge in [-0.15, -0.1) is 11.1 Å². The molecule has 1 N–H and O–H groups in total. The summed E-state index contributed by atoms with van der Waals surface area (Å²) in [7, 11) is -1.21. The van der Waals surface area contributed by atoms with Crippen LogP contribution in [0.4, 0.5) is 0 Å². The summed E-state index contributed by atoms with van der Waals surface area (Å²) >= 11 is 5.99. The van der Waals surface area contributed by atoms with Crippen molar-refractivity contribution in [2.75, 3.05) is 0 Å². The van der Waals surface area contributed by atoms with Crippen LogP contribution < -0.4 is 4.65 Å². The Morgan fingerprint density at radius 1 is 1.56 bits per heavy atom. The van der Waals surface area contributed by atoms with E-state index in [0.29, 0.717) is 5.54 Å². The molecular weight excluding hydrogens is 168 g/mol. The van der Waals surface area contributed by atoms with E-state index in [1.165, 1.54) is 0 Å². The highest BCUT2D eigenvalue weighted by Gasteiger charge is 2.35. The zero-order chi connectivity index (χ0) is 7.07. The number of hydrogen-bond donors (Lipinski definition) is 1. The van der Waals surface area contributed by atoms with Gasteiger partial charge in [-0.2, -0.15) is 0 Å². The van der Waals surface area contributed by atoms with E-state index in [-0.39, 0.29) is 9.84 Å². The van der Waals surface area contributed by atoms with Gasteiger partial charge < -0.3 is 8.88 Å². The van der Waals surface area contributed by atoms with Gasteiger partial charge in [-0.05, 0) is 20.8 Å². The lowest BCUT2D eigenvalue weighted by molar-refractivity contribution is 0.352. The standard InChI is InChI=1S/C4H13ClN2Si2/c1-4(2,3)7-8-6-9(7)5/h6,9H,8H2,1-3H3. The van der Waals surface area contributed by atoms with E-state index in [2.05, 4.69) is 29.7 Å². The third-order valence-electron chi connectivity index (χ3n) is 1.57. The van der Waals surface area contributed by atoms with E-state index < -0.39 is 8.43 Å². The molecule has 0 aromatic rings. The molecule has 1 aliphatic rings. The minimum absolute atomic E-state index is 0.120. The van der Waals surface area contributed by atoms with Crippen LogP contribution in [0, 0.1) is 0 Å². The van der Waals surface area contributed by atoms with Crippen molar-refractivity contribution in [3.8, 4) is 0 Å². The summed E-state index contributed by atoms with van der Waals surface area (Å²) in [5.74, 6) is 0. The molecule has 1 unspecified atom stereocenters. The van der Waals surface area contributed by atoms with Crippen LogP contribution in [0.2, 0.25) is 0 Å². The summed E-state index contributed by atoms with van der Waals surface area (Å²) < 4.78 is 5.80. The third-order valence-corrected chi connectivity index (χ3v) is 10.7. The maximum absolute atomic E-state index is 5.99. The highest BCUT2D eigenvalue weighted by molar-refractivity contribution is 7.12. The Kier molecular flexibility index (Phi) is 2.03. The molecule has 0 aromatic heterocycles. The number of nitrogens with zero attached hydrogens (tertiary/aromatic N) is 1. The summed E-state index contributed by atoms with van der Waals surface area (Å²) in [4.78, 5) is 0. The van der Waals surface area contributed by atoms with Crippen LogP contribution in [0.1, 0.15) is 20.8 Å². The van der Waals surface area contributed by atoms with E-state index in [9.17, 15) is 0 Å². The molecule has 54 valence electrons. The predicted molar refractivity (Wildman–Crippen MR) is 46.3 cm³/mol. The van der Waals surface area contributed by atoms with E-state index >= 15 is 0 Å². The Morgan fingerprint density at radius 3 is 2.11 bits per heavy atom. The van der Waals surface area contributed by atoms with Gasteiger partial charge in [-0.1, -0.05) is 0 Å². The largest absolute Gasteiger partial charge is 0.331 e. The SMILES string of the molecule is CC(C)(C)N1[SiH2]N[SiH]1Cl. The Hall–Kier alpha value is 0.644. The van der Waals surface area contributed by atoms with Gasteiger partial charge in [0, 0.05) is 5.54 Å². The molecule has 1 heterocycles. The Morgan fingerprint density at radius 2 is 2.11 bits per heavy atom. The van der Waals surface area contributed by atoms with Crippen molar-refractivity contribution in [1.82, 2.24) is 8.88 Å². The highest BCUT2D eigenvalue weighted by atomic mass is 35.6. The average molecular weight is 181 g/mol. The molecule has 1 rings (SSSR count). The molecule has 0 saturated carbocycles. The maximum Gasteiger partial charge on any atom is 0.277 e. The lowest BCUT2D eigenvalue weighted by atomic mass is 10.1. The molecule has 0 bridgehead atoms. The number of nitrogens with one attached hydrogen (secondary N) is 1. The minimum atomic E-state index is -1.09. The monoisotopic (exact) mass is 180 g/mol. The number of rotatable bonds is 0. The van der Waals surface area contributed by atoms with Crippen molar-refractivity contribution in [3.63, 3.8) is 0 Å². The molecule has 0 spiro atoms. The Labute approximate surface area is 65.0 Å². The van der Waals surface area contributed by atoms with Gasteiger partial charge in [-0.3, -0.25) is 0 Å². The van der Waals surface area contributed by atoms with Crippen LogP contribution >= 0.6 is 11.1 Å². The molecule has 0 amide bonds. The van der Waals surface area contributed by atoms with Gasteiger partial charge in [0.2, 0.25) is 0 Å². The van der Waals surface area contributed by atoms with Gasteiger partial charge in [0.05, 0.1) is 0 Å². The molecule has 5 heteroatoms. The van der Waals surface area contributed by atoms with Crippen LogP contribution in [0.15, 0.2) is 0 Å². The van der Waals surface area contributed by atoms with E-state index in [0.717, 1.165) is 0 Å². The zero-order valence-electron chi connectivity index (χ0n) is 6.11. The molecule has 1 saturated heterocycles. The normalized spacial score (nSPS) is 32.7. The lowest BCUT2D eigenvalue weighted by Gasteiger charge is -2.46. The van der Waals surface area contributed by atoms with Gasteiger partial charge in [-0.25, -0.2) is 0 Å². The van der Waals surface area contributed by atoms with Crippen molar-refractivity contribution in [3.05, 3.63) is 0 Å². The Bertz CT molecular complexity index is 114. The second-order valence-corrected chi connectivity index (χ2v) is 9.23. The smallest absolute Gasteiger partial charge is 0.277 e. The molecule has 0 radical (unpaired) electrons. The highest BCUT2D eigenvalue weighted by Crippen LogP contribution is 2.17. The molecule has 1 fully saturated rings. The second-order valence-electron chi connectivity index (χ2n) is 3.34. The van der Waals surface area contributed by atoms with Gasteiger partial charge >= 0.3 is 0 Å². The molecule has 2 nitrogen and oxygen atoms in total. The van der Waals surface area contributed by atoms with Crippen LogP contribution in [0.5, 0.6) is 0 Å². The first-order chi connectivity index (χ1) is 4.02. The lowest BCUT2D eigenvalue weighted by Crippen LogP contribution is -2.71. The molecular formula is C4H13ClN2Si2. The fourth-order valence-electron chi connectivity index (χ4n) is 0.829. The summed E-state index contributed by atoms with van der Waals surface area (Å²) in [5, 5.41) is 0. The first-order valence-corrected chi connectivity index (χ1v) is 7.34. The van der Waals surface area contributed by atoms with Crippen molar-refractivity contribution >= 4 is 29.4 Å². The topological polar surface area (TPSA) is 15.3 Å². The minimum Gasteiger partial charge on any atom is -0.331 e. The average Bonchev–Trinajstić information content (AvgIpc) is 1.57. The first-order valence-electron chi connectivity index (χ1n) is 3.16. The molecule has 0 aliphatic carbocycles. The van der Waals surface area contributed by atoms with Crippen LogP contribution in [0.3, 0.4) is 0 Å². The summed E-state index contributed by atoms with van der Waals surface area (Å²) in [6.45, 7) is 6.68. The van der Waals surface area contributed by atoms with Crippen molar-refractivity contribution < 1.29 is 0 Å². The van der Waals surface area contributed by atoms with Gasteiger partial charge in [0.15, 0.2) is 9.84 Å². The van der Waals surface area contributed by atoms with Crippen molar-refractivity contribution in [1.29, 1.82) is 0 Å². The molecule has 9 heavy (non-hydrogen) atoms. The summed E-state index contributed by atoms with van der Waals surface area (Å²) in [5.41, 5.74) is 0.329. The van der Waals surface area contributed by atoms with Crippen LogP contribution in [-0.4, -0.2) is 28.0 Å². The number of halogens is 1. The second kappa shape index (κ2) is 2.36. The van der Waals surface area contributed by atoms with Crippen LogP contribution in [-0.2, 0) is 0 Å². The Balaban J connectivity index is 2.44. The zero-order valence-corrected chi connectivity index (χ0v) is 9.43. The summed E-state index contributed by atoms with van der Waals surface area (Å²) in [6.07, 6.45) is 0. The van der Waals surface area contributed by atoms with Gasteiger partial charge in [0.1, 0.15) is 0 Å². The summed E-state index contributed by atoms with van der Waals surface area (Å²) in [6, 6.07) is 0. The quantitative estimate of drug-likeness (QED) is 0.405. The van der Waals surface area contributed by atoms with E-state index in [4.69, 9.17) is 11.1 Å².